The van der Waals surface area contributed by atoms with E-state index in [1.165, 1.54) is 6.08 Å². The Morgan fingerprint density at radius 2 is 1.86 bits per heavy atom. The van der Waals surface area contributed by atoms with Crippen molar-refractivity contribution in [2.45, 2.75) is 44.9 Å². The molecule has 2 aromatic carbocycles. The Bertz CT molecular complexity index is 1130. The van der Waals surface area contributed by atoms with Gasteiger partial charge in [-0.05, 0) is 49.1 Å². The fourth-order valence-corrected chi connectivity index (χ4v) is 4.13. The number of benzene rings is 2. The van der Waals surface area contributed by atoms with E-state index < -0.39 is 24.0 Å². The van der Waals surface area contributed by atoms with E-state index in [0.29, 0.717) is 13.2 Å². The Morgan fingerprint density at radius 1 is 1.16 bits per heavy atom. The van der Waals surface area contributed by atoms with Gasteiger partial charge in [-0.2, -0.15) is 0 Å². The van der Waals surface area contributed by atoms with Crippen molar-refractivity contribution < 1.29 is 28.5 Å². The van der Waals surface area contributed by atoms with Gasteiger partial charge in [-0.1, -0.05) is 67.8 Å². The molecule has 1 fully saturated rings. The minimum Gasteiger partial charge on any atom is -0.460 e. The highest BCUT2D eigenvalue weighted by molar-refractivity contribution is 6.03. The number of allylic oxidation sites excluding steroid dienone is 2. The summed E-state index contributed by atoms with van der Waals surface area (Å²) in [6.45, 7) is 14.5. The van der Waals surface area contributed by atoms with Gasteiger partial charge in [0.1, 0.15) is 24.9 Å². The van der Waals surface area contributed by atoms with Gasteiger partial charge < -0.3 is 23.7 Å². The molecule has 1 saturated heterocycles. The van der Waals surface area contributed by atoms with E-state index in [4.69, 9.17) is 23.7 Å². The van der Waals surface area contributed by atoms with Crippen LogP contribution in [0.5, 0.6) is 0 Å². The van der Waals surface area contributed by atoms with E-state index in [2.05, 4.69) is 18.9 Å². The number of carbonyl (C=O) groups is 1. The van der Waals surface area contributed by atoms with Crippen LogP contribution in [0.3, 0.4) is 0 Å². The number of rotatable bonds is 12. The van der Waals surface area contributed by atoms with Crippen LogP contribution in [0, 0.1) is 0 Å². The Labute approximate surface area is 219 Å². The predicted octanol–water partition coefficient (Wildman–Crippen LogP) is 5.70. The van der Waals surface area contributed by atoms with E-state index in [1.54, 1.807) is 13.2 Å². The smallest absolute Gasteiger partial charge is 0.330 e. The van der Waals surface area contributed by atoms with Gasteiger partial charge >= 0.3 is 5.97 Å². The third kappa shape index (κ3) is 7.86. The molecule has 0 N–H and O–H groups in total. The molecule has 0 aliphatic carbocycles. The fourth-order valence-electron chi connectivity index (χ4n) is 4.13. The van der Waals surface area contributed by atoms with Crippen molar-refractivity contribution in [3.8, 4) is 0 Å². The summed E-state index contributed by atoms with van der Waals surface area (Å²) >= 11 is 0. The van der Waals surface area contributed by atoms with E-state index >= 15 is 0 Å². The van der Waals surface area contributed by atoms with Gasteiger partial charge in [-0.3, -0.25) is 0 Å². The predicted molar refractivity (Wildman–Crippen MR) is 146 cm³/mol. The van der Waals surface area contributed by atoms with Crippen LogP contribution in [0.2, 0.25) is 0 Å². The van der Waals surface area contributed by atoms with Crippen molar-refractivity contribution in [1.82, 2.24) is 0 Å². The summed E-state index contributed by atoms with van der Waals surface area (Å²) in [5.41, 5.74) is 7.47. The Hall–Kier alpha value is -3.25. The first kappa shape index (κ1) is 28.3. The molecule has 0 bridgehead atoms. The summed E-state index contributed by atoms with van der Waals surface area (Å²) in [5, 5.41) is 0. The molecule has 3 atom stereocenters. The molecule has 0 amide bonds. The molecule has 6 nitrogen and oxygen atoms in total. The SMILES string of the molecule is C=C=C(C(=C)c1ccccc1)c1ccc(/C=C/C(=O)OC[C@@H](OC)[C@@H](OCC)[C@@H]2COC(C)(C)O2)cc1. The van der Waals surface area contributed by atoms with Crippen LogP contribution < -0.4 is 0 Å². The Kier molecular flexibility index (Phi) is 10.2. The largest absolute Gasteiger partial charge is 0.460 e. The highest BCUT2D eigenvalue weighted by Gasteiger charge is 2.41. The summed E-state index contributed by atoms with van der Waals surface area (Å²) in [6.07, 6.45) is 1.84. The zero-order valence-electron chi connectivity index (χ0n) is 22.1. The highest BCUT2D eigenvalue weighted by atomic mass is 16.8. The molecule has 2 aromatic rings. The maximum Gasteiger partial charge on any atom is 0.330 e. The van der Waals surface area contributed by atoms with Crippen molar-refractivity contribution in [2.24, 2.45) is 0 Å². The minimum atomic E-state index is -0.690. The average Bonchev–Trinajstić information content (AvgIpc) is 3.27. The Morgan fingerprint density at radius 3 is 2.43 bits per heavy atom. The molecule has 1 heterocycles. The lowest BCUT2D eigenvalue weighted by molar-refractivity contribution is -0.179. The topological polar surface area (TPSA) is 63.2 Å². The van der Waals surface area contributed by atoms with Crippen LogP contribution in [0.1, 0.15) is 37.5 Å². The van der Waals surface area contributed by atoms with Crippen LogP contribution in [0.25, 0.3) is 17.2 Å². The molecule has 1 aliphatic heterocycles. The van der Waals surface area contributed by atoms with Crippen LogP contribution in [0.4, 0.5) is 0 Å². The van der Waals surface area contributed by atoms with Crippen LogP contribution in [0.15, 0.2) is 79.6 Å². The van der Waals surface area contributed by atoms with Crippen LogP contribution >= 0.6 is 0 Å². The first-order valence-electron chi connectivity index (χ1n) is 12.3. The third-order valence-corrected chi connectivity index (χ3v) is 6.03. The monoisotopic (exact) mass is 504 g/mol. The number of hydrogen-bond donors (Lipinski definition) is 0. The molecular weight excluding hydrogens is 468 g/mol. The molecule has 0 saturated carbocycles. The standard InChI is InChI=1S/C31H36O6/c1-7-26(22(3)24-12-10-9-11-13-24)25-17-14-23(15-18-25)16-19-29(32)35-20-27(33-6)30(34-8-2)28-21-36-31(4,5)37-28/h9-19,27-28,30H,1,3,8,20-21H2,2,4-6H3/b19-16+/t27-,28+,30-/m1/s1. The summed E-state index contributed by atoms with van der Waals surface area (Å²) in [4.78, 5) is 12.4. The van der Waals surface area contributed by atoms with Crippen molar-refractivity contribution in [2.75, 3.05) is 26.9 Å². The normalized spacial score (nSPS) is 18.2. The summed E-state index contributed by atoms with van der Waals surface area (Å²) in [7, 11) is 1.56. The summed E-state index contributed by atoms with van der Waals surface area (Å²) in [6, 6.07) is 17.6. The van der Waals surface area contributed by atoms with Gasteiger partial charge in [0, 0.05) is 25.4 Å². The molecule has 6 heteroatoms. The minimum absolute atomic E-state index is 0.0264. The van der Waals surface area contributed by atoms with Crippen molar-refractivity contribution in [3.63, 3.8) is 0 Å². The second kappa shape index (κ2) is 13.3. The molecule has 1 aliphatic rings. The maximum absolute atomic E-state index is 12.4. The van der Waals surface area contributed by atoms with Gasteiger partial charge in [0.15, 0.2) is 5.79 Å². The van der Waals surface area contributed by atoms with Gasteiger partial charge in [-0.15, -0.1) is 5.73 Å². The van der Waals surface area contributed by atoms with E-state index in [-0.39, 0.29) is 12.7 Å². The van der Waals surface area contributed by atoms with Crippen molar-refractivity contribution in [1.29, 1.82) is 0 Å². The second-order valence-corrected chi connectivity index (χ2v) is 9.04. The fraction of sp³-hybridized carbons (Fsp3) is 0.355. The van der Waals surface area contributed by atoms with E-state index in [1.807, 2.05) is 75.4 Å². The quantitative estimate of drug-likeness (QED) is 0.160. The van der Waals surface area contributed by atoms with Gasteiger partial charge in [0.2, 0.25) is 0 Å². The Balaban J connectivity index is 1.58. The third-order valence-electron chi connectivity index (χ3n) is 6.03. The number of ether oxygens (including phenoxy) is 5. The molecule has 37 heavy (non-hydrogen) atoms. The van der Waals surface area contributed by atoms with Crippen molar-refractivity contribution in [3.05, 3.63) is 96.3 Å². The molecule has 0 spiro atoms. The highest BCUT2D eigenvalue weighted by Crippen LogP contribution is 2.29. The lowest BCUT2D eigenvalue weighted by atomic mass is 9.94. The van der Waals surface area contributed by atoms with Crippen LogP contribution in [-0.4, -0.2) is 57.0 Å². The molecule has 0 radical (unpaired) electrons. The number of esters is 1. The summed E-state index contributed by atoms with van der Waals surface area (Å²) in [5.74, 6) is -1.17. The maximum atomic E-state index is 12.4. The molecule has 0 aromatic heterocycles. The number of hydrogen-bond acceptors (Lipinski definition) is 6. The number of carbonyl (C=O) groups excluding carboxylic acids is 1. The molecule has 0 unspecified atom stereocenters. The molecule has 196 valence electrons. The average molecular weight is 505 g/mol. The van der Waals surface area contributed by atoms with E-state index in [0.717, 1.165) is 27.8 Å². The first-order valence-corrected chi connectivity index (χ1v) is 12.3. The van der Waals surface area contributed by atoms with Gasteiger partial charge in [-0.25, -0.2) is 4.79 Å². The second-order valence-electron chi connectivity index (χ2n) is 9.04. The first-order chi connectivity index (χ1) is 17.8. The number of methoxy groups -OCH3 is 1. The lowest BCUT2D eigenvalue weighted by Crippen LogP contribution is -2.45. The van der Waals surface area contributed by atoms with E-state index in [9.17, 15) is 4.79 Å². The molecule has 3 rings (SSSR count). The zero-order valence-corrected chi connectivity index (χ0v) is 22.1. The van der Waals surface area contributed by atoms with Gasteiger partial charge in [0.25, 0.3) is 0 Å². The molecular formula is C31H36O6. The summed E-state index contributed by atoms with van der Waals surface area (Å²) < 4.78 is 28.5. The van der Waals surface area contributed by atoms with Crippen molar-refractivity contribution >= 4 is 23.2 Å². The lowest BCUT2D eigenvalue weighted by Gasteiger charge is -2.29. The van der Waals surface area contributed by atoms with Crippen LogP contribution in [-0.2, 0) is 28.5 Å². The zero-order chi connectivity index (χ0) is 26.8. The van der Waals surface area contributed by atoms with Gasteiger partial charge in [0.05, 0.1) is 6.61 Å².